The average Bonchev–Trinajstić information content (AvgIpc) is 2.50. The van der Waals surface area contributed by atoms with Crippen molar-refractivity contribution in [2.45, 2.75) is 18.6 Å². The Hall–Kier alpha value is 2.19. The van der Waals surface area contributed by atoms with Crippen LogP contribution in [0.2, 0.25) is 0 Å². The maximum absolute atomic E-state index is 5.35. The second-order valence-electron chi connectivity index (χ2n) is 3.80. The highest BCUT2D eigenvalue weighted by Gasteiger charge is 2.20. The summed E-state index contributed by atoms with van der Waals surface area (Å²) >= 11 is 15.8. The smallest absolute Gasteiger partial charge is 0.247 e. The molecule has 1 atom stereocenters. The second-order valence-corrected chi connectivity index (χ2v) is 18.4. The second kappa shape index (κ2) is 12.5. The van der Waals surface area contributed by atoms with Gasteiger partial charge in [0.15, 0.2) is 0 Å². The Balaban J connectivity index is 3.77. The standard InChI is InChI=1S/C10H24O4P2S5/c1-10(21-16(18,13-4)14-5)9-19-7-6-8-20-15(17,11-2)12-3/h10H,6-9H2,1-5H3. The summed E-state index contributed by atoms with van der Waals surface area (Å²) in [5.74, 6) is 3.08. The monoisotopic (exact) mass is 430 g/mol. The first-order chi connectivity index (χ1) is 9.84. The van der Waals surface area contributed by atoms with Gasteiger partial charge >= 0.3 is 0 Å². The molecule has 0 heterocycles. The molecule has 0 fully saturated rings. The van der Waals surface area contributed by atoms with Gasteiger partial charge in [0.05, 0.1) is 0 Å². The van der Waals surface area contributed by atoms with Crippen LogP contribution < -0.4 is 0 Å². The van der Waals surface area contributed by atoms with Crippen LogP contribution in [0.1, 0.15) is 13.3 Å². The van der Waals surface area contributed by atoms with Crippen LogP contribution in [0.15, 0.2) is 0 Å². The van der Waals surface area contributed by atoms with Crippen molar-refractivity contribution in [3.8, 4) is 0 Å². The molecule has 0 aliphatic carbocycles. The fourth-order valence-corrected chi connectivity index (χ4v) is 10.4. The SMILES string of the molecule is COP(=S)(OC)SCCCSCC(C)SP(=S)(OC)OC. The van der Waals surface area contributed by atoms with E-state index in [0.717, 1.165) is 23.7 Å². The topological polar surface area (TPSA) is 36.9 Å². The van der Waals surface area contributed by atoms with Gasteiger partial charge in [-0.05, 0) is 35.8 Å². The van der Waals surface area contributed by atoms with Crippen LogP contribution in [0.5, 0.6) is 0 Å². The normalized spacial score (nSPS) is 14.3. The molecule has 1 unspecified atom stereocenters. The van der Waals surface area contributed by atoms with Crippen LogP contribution in [0.4, 0.5) is 0 Å². The van der Waals surface area contributed by atoms with Crippen molar-refractivity contribution in [1.82, 2.24) is 0 Å². The summed E-state index contributed by atoms with van der Waals surface area (Å²) < 4.78 is 21.0. The molecule has 0 amide bonds. The lowest BCUT2D eigenvalue weighted by atomic mass is 10.6. The zero-order valence-corrected chi connectivity index (χ0v) is 18.8. The third-order valence-electron chi connectivity index (χ3n) is 2.24. The van der Waals surface area contributed by atoms with Gasteiger partial charge in [-0.15, -0.1) is 0 Å². The number of hydrogen-bond donors (Lipinski definition) is 0. The van der Waals surface area contributed by atoms with E-state index in [1.54, 1.807) is 51.2 Å². The van der Waals surface area contributed by atoms with Crippen molar-refractivity contribution < 1.29 is 18.1 Å². The molecule has 11 heteroatoms. The Kier molecular flexibility index (Phi) is 13.8. The lowest BCUT2D eigenvalue weighted by Crippen LogP contribution is -2.02. The summed E-state index contributed by atoms with van der Waals surface area (Å²) in [6.45, 7) is 2.15. The van der Waals surface area contributed by atoms with E-state index in [-0.39, 0.29) is 0 Å². The summed E-state index contributed by atoms with van der Waals surface area (Å²) in [6, 6.07) is 0. The van der Waals surface area contributed by atoms with E-state index in [1.165, 1.54) is 0 Å². The molecule has 0 aromatic rings. The van der Waals surface area contributed by atoms with Gasteiger partial charge in [-0.3, -0.25) is 0 Å². The van der Waals surface area contributed by atoms with Crippen LogP contribution in [0, 0.1) is 0 Å². The molecule has 0 N–H and O–H groups in total. The first-order valence-corrected chi connectivity index (χ1v) is 15.7. The molecule has 0 aliphatic rings. The van der Waals surface area contributed by atoms with E-state index in [2.05, 4.69) is 6.92 Å². The first-order valence-electron chi connectivity index (χ1n) is 6.18. The van der Waals surface area contributed by atoms with E-state index < -0.39 is 11.4 Å². The molecular formula is C10H24O4P2S5. The Morgan fingerprint density at radius 2 is 1.43 bits per heavy atom. The average molecular weight is 431 g/mol. The van der Waals surface area contributed by atoms with Crippen molar-refractivity contribution in [1.29, 1.82) is 0 Å². The fraction of sp³-hybridized carbons (Fsp3) is 1.00. The van der Waals surface area contributed by atoms with Crippen LogP contribution in [-0.4, -0.2) is 50.9 Å². The van der Waals surface area contributed by atoms with E-state index in [0.29, 0.717) is 5.25 Å². The third-order valence-corrected chi connectivity index (χ3v) is 15.8. The van der Waals surface area contributed by atoms with Gasteiger partial charge < -0.3 is 18.1 Å². The molecule has 0 aromatic carbocycles. The lowest BCUT2D eigenvalue weighted by molar-refractivity contribution is 0.353. The Labute approximate surface area is 151 Å². The van der Waals surface area contributed by atoms with Crippen LogP contribution in [0.3, 0.4) is 0 Å². The zero-order valence-electron chi connectivity index (χ0n) is 13.0. The van der Waals surface area contributed by atoms with Crippen molar-refractivity contribution in [3.05, 3.63) is 0 Å². The van der Waals surface area contributed by atoms with Gasteiger partial charge in [0.1, 0.15) is 0 Å². The fourth-order valence-electron chi connectivity index (χ4n) is 1.18. The van der Waals surface area contributed by atoms with E-state index >= 15 is 0 Å². The van der Waals surface area contributed by atoms with Gasteiger partial charge in [0.2, 0.25) is 11.4 Å². The summed E-state index contributed by atoms with van der Waals surface area (Å²) in [6.07, 6.45) is 1.08. The van der Waals surface area contributed by atoms with Crippen molar-refractivity contribution >= 4 is 69.5 Å². The first kappa shape index (κ1) is 23.2. The van der Waals surface area contributed by atoms with Crippen LogP contribution in [-0.2, 0) is 41.7 Å². The maximum Gasteiger partial charge on any atom is 0.247 e. The lowest BCUT2D eigenvalue weighted by Gasteiger charge is -2.20. The molecule has 0 rings (SSSR count). The van der Waals surface area contributed by atoms with Crippen molar-refractivity contribution in [2.75, 3.05) is 45.7 Å². The molecule has 0 spiro atoms. The van der Waals surface area contributed by atoms with Crippen molar-refractivity contribution in [2.24, 2.45) is 0 Å². The Morgan fingerprint density at radius 1 is 0.905 bits per heavy atom. The van der Waals surface area contributed by atoms with E-state index in [4.69, 9.17) is 41.7 Å². The van der Waals surface area contributed by atoms with Gasteiger partial charge in [0, 0.05) is 45.2 Å². The summed E-state index contributed by atoms with van der Waals surface area (Å²) in [5.41, 5.74) is -4.23. The van der Waals surface area contributed by atoms with E-state index in [9.17, 15) is 0 Å². The molecular weight excluding hydrogens is 406 g/mol. The minimum Gasteiger partial charge on any atom is -0.325 e. The molecule has 0 bridgehead atoms. The third kappa shape index (κ3) is 10.6. The Morgan fingerprint density at radius 3 is 1.90 bits per heavy atom. The minimum atomic E-state index is -2.14. The number of rotatable bonds is 13. The largest absolute Gasteiger partial charge is 0.325 e. The zero-order chi connectivity index (χ0) is 16.4. The van der Waals surface area contributed by atoms with Crippen LogP contribution in [0.25, 0.3) is 0 Å². The minimum absolute atomic E-state index is 0.414. The highest BCUT2D eigenvalue weighted by atomic mass is 32.9. The van der Waals surface area contributed by atoms with Gasteiger partial charge in [0.25, 0.3) is 0 Å². The molecule has 0 aromatic heterocycles. The van der Waals surface area contributed by atoms with Gasteiger partial charge in [-0.1, -0.05) is 29.7 Å². The highest BCUT2D eigenvalue weighted by Crippen LogP contribution is 2.62. The molecule has 0 saturated carbocycles. The summed E-state index contributed by atoms with van der Waals surface area (Å²) in [4.78, 5) is 0. The molecule has 0 aliphatic heterocycles. The molecule has 21 heavy (non-hydrogen) atoms. The predicted octanol–water partition coefficient (Wildman–Crippen LogP) is 5.00. The molecule has 0 radical (unpaired) electrons. The maximum atomic E-state index is 5.35. The molecule has 4 nitrogen and oxygen atoms in total. The highest BCUT2D eigenvalue weighted by molar-refractivity contribution is 8.68. The Bertz CT molecular complexity index is 355. The van der Waals surface area contributed by atoms with Gasteiger partial charge in [-0.25, -0.2) is 0 Å². The quantitative estimate of drug-likeness (QED) is 0.296. The number of hydrogen-bond acceptors (Lipinski definition) is 9. The number of thioether (sulfide) groups is 1. The summed E-state index contributed by atoms with van der Waals surface area (Å²) in [7, 11) is 6.45. The summed E-state index contributed by atoms with van der Waals surface area (Å²) in [5, 5.41) is 0.414. The molecule has 0 saturated heterocycles. The van der Waals surface area contributed by atoms with Crippen LogP contribution >= 0.6 is 45.9 Å². The van der Waals surface area contributed by atoms with Gasteiger partial charge in [-0.2, -0.15) is 11.8 Å². The predicted molar refractivity (Wildman–Crippen MR) is 108 cm³/mol. The van der Waals surface area contributed by atoms with Crippen molar-refractivity contribution in [3.63, 3.8) is 0 Å². The molecule has 128 valence electrons. The van der Waals surface area contributed by atoms with E-state index in [1.807, 2.05) is 11.8 Å².